The van der Waals surface area contributed by atoms with Gasteiger partial charge in [-0.3, -0.25) is 4.79 Å². The van der Waals surface area contributed by atoms with Crippen LogP contribution < -0.4 is 11.1 Å². The third-order valence-electron chi connectivity index (χ3n) is 1.68. The highest BCUT2D eigenvalue weighted by molar-refractivity contribution is 5.75. The molecule has 0 fully saturated rings. The fourth-order valence-electron chi connectivity index (χ4n) is 0.586. The molecule has 0 radical (unpaired) electrons. The van der Waals surface area contributed by atoms with Gasteiger partial charge >= 0.3 is 0 Å². The summed E-state index contributed by atoms with van der Waals surface area (Å²) in [7, 11) is 0. The molecule has 72 valence electrons. The maximum atomic E-state index is 10.3. The van der Waals surface area contributed by atoms with Crippen molar-refractivity contribution in [1.82, 2.24) is 5.32 Å². The number of aliphatic hydroxyl groups excluding tert-OH is 1. The van der Waals surface area contributed by atoms with E-state index in [1.807, 2.05) is 0 Å². The summed E-state index contributed by atoms with van der Waals surface area (Å²) in [4.78, 5) is 10.3. The molecule has 2 unspecified atom stereocenters. The van der Waals surface area contributed by atoms with Crippen molar-refractivity contribution in [1.29, 1.82) is 0 Å². The molecule has 12 heavy (non-hydrogen) atoms. The Morgan fingerprint density at radius 1 is 1.75 bits per heavy atom. The molecular weight excluding hydrogens is 160 g/mol. The van der Waals surface area contributed by atoms with Crippen LogP contribution in [0.2, 0.25) is 0 Å². The zero-order valence-corrected chi connectivity index (χ0v) is 7.37. The molecule has 5 N–H and O–H groups in total. The van der Waals surface area contributed by atoms with Crippen molar-refractivity contribution < 1.29 is 15.0 Å². The summed E-state index contributed by atoms with van der Waals surface area (Å²) in [5.74, 6) is -0.489. The molecule has 2 atom stereocenters. The van der Waals surface area contributed by atoms with Gasteiger partial charge in [-0.25, -0.2) is 0 Å². The Balaban J connectivity index is 3.69. The van der Waals surface area contributed by atoms with Gasteiger partial charge in [-0.1, -0.05) is 0 Å². The maximum Gasteiger partial charge on any atom is 0.231 e. The van der Waals surface area contributed by atoms with Crippen molar-refractivity contribution in [2.75, 3.05) is 13.1 Å². The molecular formula is C7H16N2O3. The Bertz CT molecular complexity index is 157. The van der Waals surface area contributed by atoms with Crippen LogP contribution >= 0.6 is 0 Å². The number of hydrogen-bond donors (Lipinski definition) is 4. The lowest BCUT2D eigenvalue weighted by Crippen LogP contribution is -2.47. The van der Waals surface area contributed by atoms with Crippen LogP contribution in [0.3, 0.4) is 0 Å². The second kappa shape index (κ2) is 4.39. The molecule has 0 saturated heterocycles. The predicted molar refractivity (Wildman–Crippen MR) is 44.4 cm³/mol. The van der Waals surface area contributed by atoms with Crippen molar-refractivity contribution in [3.63, 3.8) is 0 Å². The highest BCUT2D eigenvalue weighted by Crippen LogP contribution is 2.06. The van der Waals surface area contributed by atoms with Crippen molar-refractivity contribution >= 4 is 5.91 Å². The van der Waals surface area contributed by atoms with E-state index >= 15 is 0 Å². The number of carbonyl (C=O) groups is 1. The number of primary amides is 1. The average Bonchev–Trinajstić information content (AvgIpc) is 1.85. The summed E-state index contributed by atoms with van der Waals surface area (Å²) >= 11 is 0. The van der Waals surface area contributed by atoms with Gasteiger partial charge in [0, 0.05) is 6.54 Å². The minimum Gasteiger partial charge on any atom is -0.390 e. The minimum absolute atomic E-state index is 0.00285. The first kappa shape index (κ1) is 11.4. The van der Waals surface area contributed by atoms with Gasteiger partial charge in [-0.2, -0.15) is 0 Å². The summed E-state index contributed by atoms with van der Waals surface area (Å²) in [6.45, 7) is 3.09. The van der Waals surface area contributed by atoms with Gasteiger partial charge in [0.05, 0.1) is 18.2 Å². The molecule has 0 heterocycles. The Hall–Kier alpha value is -0.650. The highest BCUT2D eigenvalue weighted by atomic mass is 16.3. The average molecular weight is 176 g/mol. The van der Waals surface area contributed by atoms with E-state index in [1.165, 1.54) is 13.8 Å². The predicted octanol–water partition coefficient (Wildman–Crippen LogP) is -1.81. The zero-order valence-electron chi connectivity index (χ0n) is 7.37. The monoisotopic (exact) mass is 176 g/mol. The van der Waals surface area contributed by atoms with E-state index in [4.69, 9.17) is 10.8 Å². The van der Waals surface area contributed by atoms with Crippen molar-refractivity contribution in [2.45, 2.75) is 25.6 Å². The number of amides is 1. The smallest absolute Gasteiger partial charge is 0.231 e. The van der Waals surface area contributed by atoms with Crippen LogP contribution in [0.1, 0.15) is 13.8 Å². The number of nitrogens with two attached hydrogens (primary N) is 1. The molecule has 0 aliphatic heterocycles. The van der Waals surface area contributed by atoms with Crippen molar-refractivity contribution in [2.24, 2.45) is 5.73 Å². The first-order chi connectivity index (χ1) is 5.36. The van der Waals surface area contributed by atoms with E-state index in [1.54, 1.807) is 0 Å². The Kier molecular flexibility index (Phi) is 4.16. The first-order valence-electron chi connectivity index (χ1n) is 3.75. The molecule has 0 aromatic carbocycles. The number of aliphatic hydroxyl groups is 2. The standard InChI is InChI=1S/C7H16N2O3/c1-5(10)7(2,12)4-9-3-6(8)11/h5,9-10,12H,3-4H2,1-2H3,(H2,8,11). The lowest BCUT2D eigenvalue weighted by atomic mass is 10.0. The highest BCUT2D eigenvalue weighted by Gasteiger charge is 2.25. The van der Waals surface area contributed by atoms with E-state index in [2.05, 4.69) is 5.32 Å². The van der Waals surface area contributed by atoms with Gasteiger partial charge in [0.15, 0.2) is 0 Å². The van der Waals surface area contributed by atoms with Crippen LogP contribution in [-0.2, 0) is 4.79 Å². The normalized spacial score (nSPS) is 18.3. The van der Waals surface area contributed by atoms with Gasteiger partial charge in [-0.05, 0) is 13.8 Å². The van der Waals surface area contributed by atoms with Gasteiger partial charge in [0.25, 0.3) is 0 Å². The number of nitrogens with one attached hydrogen (secondary N) is 1. The number of rotatable bonds is 5. The maximum absolute atomic E-state index is 10.3. The zero-order chi connectivity index (χ0) is 9.78. The van der Waals surface area contributed by atoms with Crippen LogP contribution in [0.15, 0.2) is 0 Å². The SMILES string of the molecule is CC(O)C(C)(O)CNCC(N)=O. The fourth-order valence-corrected chi connectivity index (χ4v) is 0.586. The molecule has 0 aliphatic rings. The largest absolute Gasteiger partial charge is 0.390 e. The molecule has 0 rings (SSSR count). The van der Waals surface area contributed by atoms with Gasteiger partial charge in [0.2, 0.25) is 5.91 Å². The van der Waals surface area contributed by atoms with E-state index in [0.29, 0.717) is 0 Å². The summed E-state index contributed by atoms with van der Waals surface area (Å²) in [5.41, 5.74) is 3.63. The van der Waals surface area contributed by atoms with Crippen molar-refractivity contribution in [3.8, 4) is 0 Å². The Morgan fingerprint density at radius 3 is 2.58 bits per heavy atom. The van der Waals surface area contributed by atoms with Crippen molar-refractivity contribution in [3.05, 3.63) is 0 Å². The molecule has 0 aromatic rings. The second-order valence-electron chi connectivity index (χ2n) is 3.10. The van der Waals surface area contributed by atoms with Gasteiger partial charge in [0.1, 0.15) is 0 Å². The summed E-state index contributed by atoms with van der Waals surface area (Å²) < 4.78 is 0. The Labute approximate surface area is 71.6 Å². The van der Waals surface area contributed by atoms with Gasteiger partial charge in [-0.15, -0.1) is 0 Å². The summed E-state index contributed by atoms with van der Waals surface area (Å²) in [6.07, 6.45) is -0.849. The lowest BCUT2D eigenvalue weighted by molar-refractivity contribution is -0.117. The molecule has 5 nitrogen and oxygen atoms in total. The third-order valence-corrected chi connectivity index (χ3v) is 1.68. The number of hydrogen-bond acceptors (Lipinski definition) is 4. The minimum atomic E-state index is -1.23. The van der Waals surface area contributed by atoms with E-state index < -0.39 is 17.6 Å². The summed E-state index contributed by atoms with van der Waals surface area (Å²) in [5, 5.41) is 21.1. The molecule has 0 aliphatic carbocycles. The lowest BCUT2D eigenvalue weighted by Gasteiger charge is -2.26. The van der Waals surface area contributed by atoms with Crippen LogP contribution in [0.5, 0.6) is 0 Å². The molecule has 5 heteroatoms. The van der Waals surface area contributed by atoms with Crippen LogP contribution in [0.4, 0.5) is 0 Å². The second-order valence-corrected chi connectivity index (χ2v) is 3.10. The Morgan fingerprint density at radius 2 is 2.25 bits per heavy atom. The van der Waals surface area contributed by atoms with E-state index in [0.717, 1.165) is 0 Å². The topological polar surface area (TPSA) is 95.6 Å². The van der Waals surface area contributed by atoms with Crippen LogP contribution in [-0.4, -0.2) is 40.9 Å². The third kappa shape index (κ3) is 4.27. The quantitative estimate of drug-likeness (QED) is 0.397. The van der Waals surface area contributed by atoms with Crippen LogP contribution in [0, 0.1) is 0 Å². The van der Waals surface area contributed by atoms with E-state index in [9.17, 15) is 9.90 Å². The molecule has 0 bridgehead atoms. The molecule has 0 spiro atoms. The molecule has 1 amide bonds. The van der Waals surface area contributed by atoms with E-state index in [-0.39, 0.29) is 13.1 Å². The number of carbonyl (C=O) groups excluding carboxylic acids is 1. The van der Waals surface area contributed by atoms with Gasteiger partial charge < -0.3 is 21.3 Å². The fraction of sp³-hybridized carbons (Fsp3) is 0.857. The molecule has 0 aromatic heterocycles. The summed E-state index contributed by atoms with van der Waals surface area (Å²) in [6, 6.07) is 0. The molecule has 0 saturated carbocycles. The van der Waals surface area contributed by atoms with Crippen LogP contribution in [0.25, 0.3) is 0 Å². The first-order valence-corrected chi connectivity index (χ1v) is 3.75.